The van der Waals surface area contributed by atoms with E-state index in [1.165, 1.54) is 13.2 Å². The summed E-state index contributed by atoms with van der Waals surface area (Å²) in [6.07, 6.45) is 4.40. The molecule has 1 fully saturated rings. The van der Waals surface area contributed by atoms with Crippen molar-refractivity contribution in [3.8, 4) is 5.75 Å². The van der Waals surface area contributed by atoms with Gasteiger partial charge in [0.15, 0.2) is 5.75 Å². The van der Waals surface area contributed by atoms with Crippen LogP contribution in [0.2, 0.25) is 0 Å². The molecule has 9 nitrogen and oxygen atoms in total. The maximum Gasteiger partial charge on any atom is 0.310 e. The lowest BCUT2D eigenvalue weighted by molar-refractivity contribution is -0.385. The zero-order chi connectivity index (χ0) is 24.1. The van der Waals surface area contributed by atoms with Crippen LogP contribution in [0.25, 0.3) is 10.9 Å². The number of aromatic nitrogens is 2. The van der Waals surface area contributed by atoms with Gasteiger partial charge in [0.25, 0.3) is 0 Å². The van der Waals surface area contributed by atoms with Gasteiger partial charge in [0.1, 0.15) is 5.82 Å². The maximum absolute atomic E-state index is 11.1. The Morgan fingerprint density at radius 1 is 1.12 bits per heavy atom. The van der Waals surface area contributed by atoms with Crippen molar-refractivity contribution >= 4 is 28.4 Å². The largest absolute Gasteiger partial charge is 0.490 e. The zero-order valence-corrected chi connectivity index (χ0v) is 20.0. The van der Waals surface area contributed by atoms with E-state index in [2.05, 4.69) is 16.7 Å². The molecule has 1 heterocycles. The molecule has 3 aromatic rings. The fourth-order valence-electron chi connectivity index (χ4n) is 4.56. The van der Waals surface area contributed by atoms with Crippen molar-refractivity contribution in [3.05, 3.63) is 58.1 Å². The molecule has 0 radical (unpaired) electrons. The molecule has 9 heteroatoms. The van der Waals surface area contributed by atoms with Gasteiger partial charge >= 0.3 is 5.69 Å². The molecule has 0 unspecified atom stereocenters. The number of hydrogen-bond acceptors (Lipinski definition) is 8. The first-order valence-corrected chi connectivity index (χ1v) is 11.7. The SMILES string of the molecule is COc1cc(CNC[C@H]2CC[C@@H](Nc3nc(N(C)C)c4ccccc4n3)CC2)ccc1[N+](=O)[O-]. The molecule has 0 amide bonds. The molecule has 1 saturated carbocycles. The van der Waals surface area contributed by atoms with E-state index < -0.39 is 4.92 Å². The van der Waals surface area contributed by atoms with Crippen LogP contribution in [0.15, 0.2) is 42.5 Å². The maximum atomic E-state index is 11.1. The number of ether oxygens (including phenoxy) is 1. The molecular formula is C25H32N6O3. The van der Waals surface area contributed by atoms with E-state index in [-0.39, 0.29) is 5.69 Å². The highest BCUT2D eigenvalue weighted by atomic mass is 16.6. The van der Waals surface area contributed by atoms with E-state index in [0.717, 1.165) is 54.5 Å². The highest BCUT2D eigenvalue weighted by molar-refractivity contribution is 5.90. The molecule has 0 aliphatic heterocycles. The van der Waals surface area contributed by atoms with Crippen LogP contribution in [0.1, 0.15) is 31.2 Å². The van der Waals surface area contributed by atoms with Gasteiger partial charge in [0.05, 0.1) is 17.5 Å². The molecule has 4 rings (SSSR count). The summed E-state index contributed by atoms with van der Waals surface area (Å²) >= 11 is 0. The van der Waals surface area contributed by atoms with Crippen LogP contribution < -0.4 is 20.3 Å². The fraction of sp³-hybridized carbons (Fsp3) is 0.440. The normalized spacial score (nSPS) is 18.0. The van der Waals surface area contributed by atoms with Crippen LogP contribution in [0.4, 0.5) is 17.5 Å². The van der Waals surface area contributed by atoms with Gasteiger partial charge in [-0.1, -0.05) is 18.2 Å². The summed E-state index contributed by atoms with van der Waals surface area (Å²) in [5.74, 6) is 2.52. The van der Waals surface area contributed by atoms with E-state index in [1.807, 2.05) is 37.2 Å². The van der Waals surface area contributed by atoms with Crippen molar-refractivity contribution in [1.82, 2.24) is 15.3 Å². The topological polar surface area (TPSA) is 105 Å². The molecule has 0 spiro atoms. The van der Waals surface area contributed by atoms with Gasteiger partial charge < -0.3 is 20.3 Å². The summed E-state index contributed by atoms with van der Waals surface area (Å²) < 4.78 is 5.16. The van der Waals surface area contributed by atoms with Gasteiger partial charge in [-0.25, -0.2) is 4.98 Å². The highest BCUT2D eigenvalue weighted by Gasteiger charge is 2.22. The van der Waals surface area contributed by atoms with Crippen molar-refractivity contribution in [2.24, 2.45) is 5.92 Å². The molecule has 1 aliphatic carbocycles. The second-order valence-corrected chi connectivity index (χ2v) is 9.04. The zero-order valence-electron chi connectivity index (χ0n) is 20.0. The molecule has 0 atom stereocenters. The smallest absolute Gasteiger partial charge is 0.310 e. The van der Waals surface area contributed by atoms with E-state index in [0.29, 0.717) is 30.2 Å². The summed E-state index contributed by atoms with van der Waals surface area (Å²) in [6.45, 7) is 1.58. The number of nitrogens with one attached hydrogen (secondary N) is 2. The minimum Gasteiger partial charge on any atom is -0.490 e. The monoisotopic (exact) mass is 464 g/mol. The summed E-state index contributed by atoms with van der Waals surface area (Å²) in [5, 5.41) is 19.2. The number of fused-ring (bicyclic) bond motifs is 1. The number of nitro groups is 1. The van der Waals surface area contributed by atoms with Crippen molar-refractivity contribution in [2.75, 3.05) is 38.0 Å². The minimum atomic E-state index is -0.424. The third-order valence-corrected chi connectivity index (χ3v) is 6.39. The molecule has 2 aromatic carbocycles. The van der Waals surface area contributed by atoms with Crippen LogP contribution >= 0.6 is 0 Å². The van der Waals surface area contributed by atoms with E-state index in [9.17, 15) is 10.1 Å². The molecule has 1 aliphatic rings. The number of methoxy groups -OCH3 is 1. The number of para-hydroxylation sites is 1. The number of benzene rings is 2. The van der Waals surface area contributed by atoms with Crippen LogP contribution in [0.5, 0.6) is 5.75 Å². The Morgan fingerprint density at radius 3 is 2.59 bits per heavy atom. The Bertz CT molecular complexity index is 1140. The lowest BCUT2D eigenvalue weighted by atomic mass is 9.86. The molecule has 1 aromatic heterocycles. The molecular weight excluding hydrogens is 432 g/mol. The standard InChI is InChI=1S/C25H32N6O3/c1-30(2)24-20-6-4-5-7-21(20)28-25(29-24)27-19-11-8-17(9-12-19)15-26-16-18-10-13-22(31(32)33)23(14-18)34-3/h4-7,10,13-14,17,19,26H,8-9,11-12,15-16H2,1-3H3,(H,27,28,29)/t17-,19+. The fourth-order valence-corrected chi connectivity index (χ4v) is 4.56. The average molecular weight is 465 g/mol. The highest BCUT2D eigenvalue weighted by Crippen LogP contribution is 2.29. The third-order valence-electron chi connectivity index (χ3n) is 6.39. The van der Waals surface area contributed by atoms with Gasteiger partial charge in [-0.15, -0.1) is 0 Å². The Morgan fingerprint density at radius 2 is 1.88 bits per heavy atom. The Kier molecular flexibility index (Phi) is 7.42. The predicted molar refractivity (Wildman–Crippen MR) is 135 cm³/mol. The molecule has 2 N–H and O–H groups in total. The van der Waals surface area contributed by atoms with Crippen LogP contribution in [-0.2, 0) is 6.54 Å². The Labute approximate surface area is 199 Å². The lowest BCUT2D eigenvalue weighted by Gasteiger charge is -2.29. The van der Waals surface area contributed by atoms with Crippen LogP contribution in [-0.4, -0.2) is 48.7 Å². The summed E-state index contributed by atoms with van der Waals surface area (Å²) in [4.78, 5) is 22.2. The second-order valence-electron chi connectivity index (χ2n) is 9.04. The molecule has 180 valence electrons. The lowest BCUT2D eigenvalue weighted by Crippen LogP contribution is -2.31. The number of anilines is 2. The number of rotatable bonds is 9. The first kappa shape index (κ1) is 23.7. The van der Waals surface area contributed by atoms with Crippen molar-refractivity contribution in [2.45, 2.75) is 38.3 Å². The first-order chi connectivity index (χ1) is 16.4. The first-order valence-electron chi connectivity index (χ1n) is 11.7. The second kappa shape index (κ2) is 10.6. The predicted octanol–water partition coefficient (Wildman–Crippen LogP) is 4.37. The Hall–Kier alpha value is -3.46. The van der Waals surface area contributed by atoms with Crippen LogP contribution in [0.3, 0.4) is 0 Å². The van der Waals surface area contributed by atoms with Crippen molar-refractivity contribution in [1.29, 1.82) is 0 Å². The quantitative estimate of drug-likeness (QED) is 0.355. The number of nitro benzene ring substituents is 1. The number of hydrogen-bond donors (Lipinski definition) is 2. The minimum absolute atomic E-state index is 0.00910. The average Bonchev–Trinajstić information content (AvgIpc) is 2.84. The van der Waals surface area contributed by atoms with Gasteiger partial charge in [-0.05, 0) is 61.9 Å². The van der Waals surface area contributed by atoms with E-state index in [4.69, 9.17) is 14.7 Å². The summed E-state index contributed by atoms with van der Waals surface area (Å²) in [6, 6.07) is 13.5. The van der Waals surface area contributed by atoms with Gasteiger partial charge in [0, 0.05) is 38.1 Å². The third kappa shape index (κ3) is 5.53. The van der Waals surface area contributed by atoms with Crippen LogP contribution in [0, 0.1) is 16.0 Å². The Balaban J connectivity index is 1.28. The summed E-state index contributed by atoms with van der Waals surface area (Å²) in [7, 11) is 5.46. The van der Waals surface area contributed by atoms with E-state index in [1.54, 1.807) is 12.1 Å². The molecule has 0 bridgehead atoms. The molecule has 34 heavy (non-hydrogen) atoms. The number of nitrogens with zero attached hydrogens (tertiary/aromatic N) is 4. The van der Waals surface area contributed by atoms with Gasteiger partial charge in [0.2, 0.25) is 5.95 Å². The van der Waals surface area contributed by atoms with Crippen molar-refractivity contribution < 1.29 is 9.66 Å². The van der Waals surface area contributed by atoms with Gasteiger partial charge in [-0.2, -0.15) is 4.98 Å². The van der Waals surface area contributed by atoms with E-state index >= 15 is 0 Å². The molecule has 0 saturated heterocycles. The van der Waals surface area contributed by atoms with Gasteiger partial charge in [-0.3, -0.25) is 10.1 Å². The summed E-state index contributed by atoms with van der Waals surface area (Å²) in [5.41, 5.74) is 1.91. The van der Waals surface area contributed by atoms with Crippen molar-refractivity contribution in [3.63, 3.8) is 0 Å².